The molecule has 6 heteroatoms. The van der Waals surface area contributed by atoms with Crippen molar-refractivity contribution in [1.29, 1.82) is 0 Å². The molecule has 0 spiro atoms. The highest BCUT2D eigenvalue weighted by Gasteiger charge is 2.32. The standard InChI is InChI=1S/C16H18N2O4/c19-15(18-9-10-22-11-14(18)16(20)21)6-8-17-7-5-12-3-1-2-4-13(12)17/h1-5,7,14H,6,8-11H2,(H,20,21)/t14-/m0/s1. The first-order valence-corrected chi connectivity index (χ1v) is 7.31. The van der Waals surface area contributed by atoms with Crippen LogP contribution in [0, 0.1) is 0 Å². The summed E-state index contributed by atoms with van der Waals surface area (Å²) in [5.41, 5.74) is 1.08. The molecule has 0 unspecified atom stereocenters. The Balaban J connectivity index is 1.67. The molecular formula is C16H18N2O4. The Morgan fingerprint density at radius 1 is 1.27 bits per heavy atom. The average Bonchev–Trinajstić information content (AvgIpc) is 2.96. The number of fused-ring (bicyclic) bond motifs is 1. The van der Waals surface area contributed by atoms with Crippen molar-refractivity contribution in [3.63, 3.8) is 0 Å². The molecule has 6 nitrogen and oxygen atoms in total. The normalized spacial score (nSPS) is 18.5. The molecule has 0 radical (unpaired) electrons. The largest absolute Gasteiger partial charge is 0.480 e. The van der Waals surface area contributed by atoms with Crippen molar-refractivity contribution in [3.8, 4) is 0 Å². The first-order chi connectivity index (χ1) is 10.7. The second kappa shape index (κ2) is 6.19. The summed E-state index contributed by atoms with van der Waals surface area (Å²) in [6.07, 6.45) is 2.23. The maximum atomic E-state index is 12.3. The number of amides is 1. The van der Waals surface area contributed by atoms with Crippen molar-refractivity contribution in [2.75, 3.05) is 19.8 Å². The zero-order valence-corrected chi connectivity index (χ0v) is 12.1. The molecule has 1 fully saturated rings. The van der Waals surface area contributed by atoms with E-state index in [1.54, 1.807) is 0 Å². The number of carboxylic acid groups (broad SMARTS) is 1. The molecule has 1 aliphatic rings. The summed E-state index contributed by atoms with van der Waals surface area (Å²) in [6, 6.07) is 9.11. The van der Waals surface area contributed by atoms with Crippen LogP contribution in [-0.2, 0) is 20.9 Å². The third-order valence-electron chi connectivity index (χ3n) is 3.98. The third-order valence-corrected chi connectivity index (χ3v) is 3.98. The minimum absolute atomic E-state index is 0.0630. The molecule has 1 aromatic heterocycles. The number of aryl methyl sites for hydroxylation is 1. The molecule has 1 N–H and O–H groups in total. The molecule has 3 rings (SSSR count). The number of hydrogen-bond acceptors (Lipinski definition) is 3. The summed E-state index contributed by atoms with van der Waals surface area (Å²) in [6.45, 7) is 1.33. The van der Waals surface area contributed by atoms with Gasteiger partial charge >= 0.3 is 5.97 Å². The lowest BCUT2D eigenvalue weighted by atomic mass is 10.2. The van der Waals surface area contributed by atoms with Crippen molar-refractivity contribution >= 4 is 22.8 Å². The zero-order valence-electron chi connectivity index (χ0n) is 12.1. The number of nitrogens with zero attached hydrogens (tertiary/aromatic N) is 2. The number of carbonyl (C=O) groups excluding carboxylic acids is 1. The molecular weight excluding hydrogens is 284 g/mol. The van der Waals surface area contributed by atoms with Crippen LogP contribution in [-0.4, -0.2) is 52.3 Å². The van der Waals surface area contributed by atoms with E-state index in [0.717, 1.165) is 10.9 Å². The molecule has 1 amide bonds. The van der Waals surface area contributed by atoms with Crippen LogP contribution in [0.1, 0.15) is 6.42 Å². The van der Waals surface area contributed by atoms with Crippen LogP contribution in [0.5, 0.6) is 0 Å². The van der Waals surface area contributed by atoms with Gasteiger partial charge in [-0.05, 0) is 17.5 Å². The van der Waals surface area contributed by atoms with Crippen molar-refractivity contribution in [3.05, 3.63) is 36.5 Å². The topological polar surface area (TPSA) is 71.8 Å². The van der Waals surface area contributed by atoms with Crippen molar-refractivity contribution in [1.82, 2.24) is 9.47 Å². The smallest absolute Gasteiger partial charge is 0.328 e. The lowest BCUT2D eigenvalue weighted by molar-refractivity contribution is -0.158. The Labute approximate surface area is 127 Å². The first-order valence-electron chi connectivity index (χ1n) is 7.31. The molecule has 116 valence electrons. The fraction of sp³-hybridized carbons (Fsp3) is 0.375. The van der Waals surface area contributed by atoms with E-state index in [0.29, 0.717) is 19.7 Å². The molecule has 1 atom stereocenters. The predicted molar refractivity (Wildman–Crippen MR) is 80.5 cm³/mol. The average molecular weight is 302 g/mol. The van der Waals surface area contributed by atoms with Crippen molar-refractivity contribution in [2.45, 2.75) is 19.0 Å². The van der Waals surface area contributed by atoms with Gasteiger partial charge in [0.1, 0.15) is 0 Å². The Kier molecular flexibility index (Phi) is 4.11. The van der Waals surface area contributed by atoms with Crippen LogP contribution in [0.2, 0.25) is 0 Å². The third kappa shape index (κ3) is 2.82. The van der Waals surface area contributed by atoms with E-state index in [-0.39, 0.29) is 18.9 Å². The Morgan fingerprint density at radius 3 is 2.91 bits per heavy atom. The van der Waals surface area contributed by atoms with Crippen molar-refractivity contribution in [2.24, 2.45) is 0 Å². The highest BCUT2D eigenvalue weighted by molar-refractivity contribution is 5.84. The monoisotopic (exact) mass is 302 g/mol. The minimum Gasteiger partial charge on any atom is -0.480 e. The fourth-order valence-corrected chi connectivity index (χ4v) is 2.80. The second-order valence-electron chi connectivity index (χ2n) is 5.33. The van der Waals surface area contributed by atoms with Crippen LogP contribution in [0.4, 0.5) is 0 Å². The highest BCUT2D eigenvalue weighted by Crippen LogP contribution is 2.16. The van der Waals surface area contributed by atoms with Gasteiger partial charge in [-0.25, -0.2) is 4.79 Å². The Bertz CT molecular complexity index is 694. The van der Waals surface area contributed by atoms with Gasteiger partial charge in [-0.2, -0.15) is 0 Å². The number of aromatic nitrogens is 1. The van der Waals surface area contributed by atoms with Gasteiger partial charge in [0.2, 0.25) is 5.91 Å². The number of rotatable bonds is 4. The molecule has 2 aromatic rings. The van der Waals surface area contributed by atoms with E-state index in [4.69, 9.17) is 4.74 Å². The van der Waals surface area contributed by atoms with E-state index in [1.165, 1.54) is 4.90 Å². The van der Waals surface area contributed by atoms with E-state index in [2.05, 4.69) is 0 Å². The molecule has 0 bridgehead atoms. The lowest BCUT2D eigenvalue weighted by Crippen LogP contribution is -2.52. The predicted octanol–water partition coefficient (Wildman–Crippen LogP) is 1.34. The second-order valence-corrected chi connectivity index (χ2v) is 5.33. The van der Waals surface area contributed by atoms with E-state index in [1.807, 2.05) is 41.1 Å². The summed E-state index contributed by atoms with van der Waals surface area (Å²) in [4.78, 5) is 25.0. The quantitative estimate of drug-likeness (QED) is 0.925. The van der Waals surface area contributed by atoms with E-state index >= 15 is 0 Å². The summed E-state index contributed by atoms with van der Waals surface area (Å²) >= 11 is 0. The highest BCUT2D eigenvalue weighted by atomic mass is 16.5. The summed E-state index contributed by atoms with van der Waals surface area (Å²) in [5.74, 6) is -1.16. The number of benzene rings is 1. The van der Waals surface area contributed by atoms with Gasteiger partial charge in [0.25, 0.3) is 0 Å². The molecule has 0 saturated carbocycles. The van der Waals surface area contributed by atoms with E-state index < -0.39 is 12.0 Å². The Hall–Kier alpha value is -2.34. The SMILES string of the molecule is O=C(O)[C@@H]1COCCN1C(=O)CCn1ccc2ccccc21. The zero-order chi connectivity index (χ0) is 15.5. The number of morpholine rings is 1. The van der Waals surface area contributed by atoms with Crippen LogP contribution in [0.25, 0.3) is 10.9 Å². The Morgan fingerprint density at radius 2 is 2.09 bits per heavy atom. The fourth-order valence-electron chi connectivity index (χ4n) is 2.80. The van der Waals surface area contributed by atoms with Gasteiger partial charge in [0, 0.05) is 31.2 Å². The van der Waals surface area contributed by atoms with E-state index in [9.17, 15) is 14.7 Å². The lowest BCUT2D eigenvalue weighted by Gasteiger charge is -2.33. The van der Waals surface area contributed by atoms with Crippen LogP contribution >= 0.6 is 0 Å². The summed E-state index contributed by atoms with van der Waals surface area (Å²) in [5, 5.41) is 10.3. The van der Waals surface area contributed by atoms with Crippen LogP contribution in [0.3, 0.4) is 0 Å². The maximum absolute atomic E-state index is 12.3. The number of carboxylic acids is 1. The minimum atomic E-state index is -1.01. The number of carbonyl (C=O) groups is 2. The molecule has 22 heavy (non-hydrogen) atoms. The molecule has 0 aliphatic carbocycles. The molecule has 2 heterocycles. The number of ether oxygens (including phenoxy) is 1. The number of para-hydroxylation sites is 1. The van der Waals surface area contributed by atoms with Gasteiger partial charge in [-0.1, -0.05) is 18.2 Å². The maximum Gasteiger partial charge on any atom is 0.328 e. The number of hydrogen-bond donors (Lipinski definition) is 1. The van der Waals surface area contributed by atoms with Gasteiger partial charge in [-0.3, -0.25) is 4.79 Å². The van der Waals surface area contributed by atoms with Gasteiger partial charge in [-0.15, -0.1) is 0 Å². The van der Waals surface area contributed by atoms with Gasteiger partial charge in [0.05, 0.1) is 13.2 Å². The number of aliphatic carboxylic acids is 1. The van der Waals surface area contributed by atoms with Gasteiger partial charge in [0.15, 0.2) is 6.04 Å². The molecule has 1 aromatic carbocycles. The summed E-state index contributed by atoms with van der Waals surface area (Å²) < 4.78 is 7.17. The van der Waals surface area contributed by atoms with Crippen LogP contribution < -0.4 is 0 Å². The van der Waals surface area contributed by atoms with Crippen molar-refractivity contribution < 1.29 is 19.4 Å². The van der Waals surface area contributed by atoms with Gasteiger partial charge < -0.3 is 19.3 Å². The molecule has 1 aliphatic heterocycles. The first kappa shape index (κ1) is 14.6. The molecule has 1 saturated heterocycles. The summed E-state index contributed by atoms with van der Waals surface area (Å²) in [7, 11) is 0. The van der Waals surface area contributed by atoms with Crippen LogP contribution in [0.15, 0.2) is 36.5 Å².